The molecule has 4 nitrogen and oxygen atoms in total. The normalized spacial score (nSPS) is 21.4. The lowest BCUT2D eigenvalue weighted by Gasteiger charge is -2.22. The third kappa shape index (κ3) is 2.92. The van der Waals surface area contributed by atoms with Gasteiger partial charge in [0.15, 0.2) is 5.13 Å². The van der Waals surface area contributed by atoms with Crippen LogP contribution >= 0.6 is 11.3 Å². The first kappa shape index (κ1) is 10.9. The Bertz CT molecular complexity index is 425. The summed E-state index contributed by atoms with van der Waals surface area (Å²) in [4.78, 5) is 4.30. The molecule has 1 aliphatic rings. The van der Waals surface area contributed by atoms with E-state index in [-0.39, 0.29) is 6.04 Å². The van der Waals surface area contributed by atoms with Gasteiger partial charge in [-0.3, -0.25) is 0 Å². The second kappa shape index (κ2) is 4.09. The van der Waals surface area contributed by atoms with Crippen LogP contribution in [0.25, 0.3) is 0 Å². The Kier molecular flexibility index (Phi) is 2.97. The highest BCUT2D eigenvalue weighted by Crippen LogP contribution is 2.20. The van der Waals surface area contributed by atoms with Crippen LogP contribution in [0.4, 0.5) is 5.13 Å². The van der Waals surface area contributed by atoms with E-state index in [1.165, 1.54) is 0 Å². The standard InChI is InChI=1S/C9H14N2O2S2/c1-7-6-14-9(10-7)11-8-2-4-15(12,13)5-3-8/h6,8H,2-5H2,1H3,(H,10,11). The van der Waals surface area contributed by atoms with E-state index in [1.807, 2.05) is 12.3 Å². The van der Waals surface area contributed by atoms with Crippen LogP contribution in [0.5, 0.6) is 0 Å². The van der Waals surface area contributed by atoms with E-state index in [9.17, 15) is 8.42 Å². The second-order valence-corrected chi connectivity index (χ2v) is 7.03. The quantitative estimate of drug-likeness (QED) is 0.858. The maximum absolute atomic E-state index is 11.2. The largest absolute Gasteiger partial charge is 0.359 e. The topological polar surface area (TPSA) is 59.1 Å². The van der Waals surface area contributed by atoms with Gasteiger partial charge in [-0.25, -0.2) is 13.4 Å². The summed E-state index contributed by atoms with van der Waals surface area (Å²) in [6.45, 7) is 1.95. The summed E-state index contributed by atoms with van der Waals surface area (Å²) >= 11 is 1.57. The van der Waals surface area contributed by atoms with E-state index in [4.69, 9.17) is 0 Å². The van der Waals surface area contributed by atoms with Crippen molar-refractivity contribution in [3.05, 3.63) is 11.1 Å². The molecule has 0 aromatic carbocycles. The number of hydrogen-bond donors (Lipinski definition) is 1. The summed E-state index contributed by atoms with van der Waals surface area (Å²) < 4.78 is 22.4. The number of anilines is 1. The van der Waals surface area contributed by atoms with E-state index >= 15 is 0 Å². The summed E-state index contributed by atoms with van der Waals surface area (Å²) in [5, 5.41) is 6.17. The van der Waals surface area contributed by atoms with Gasteiger partial charge < -0.3 is 5.32 Å². The van der Waals surface area contributed by atoms with Crippen LogP contribution in [0.3, 0.4) is 0 Å². The number of nitrogens with one attached hydrogen (secondary N) is 1. The van der Waals surface area contributed by atoms with E-state index in [0.29, 0.717) is 24.3 Å². The highest BCUT2D eigenvalue weighted by atomic mass is 32.2. The Hall–Kier alpha value is -0.620. The van der Waals surface area contributed by atoms with Crippen LogP contribution < -0.4 is 5.32 Å². The molecule has 1 fully saturated rings. The zero-order valence-electron chi connectivity index (χ0n) is 8.56. The summed E-state index contributed by atoms with van der Waals surface area (Å²) in [5.74, 6) is 0.601. The lowest BCUT2D eigenvalue weighted by Crippen LogP contribution is -2.32. The number of nitrogens with zero attached hydrogens (tertiary/aromatic N) is 1. The van der Waals surface area contributed by atoms with Crippen molar-refractivity contribution in [2.24, 2.45) is 0 Å². The van der Waals surface area contributed by atoms with Crippen molar-refractivity contribution in [2.75, 3.05) is 16.8 Å². The summed E-state index contributed by atoms with van der Waals surface area (Å²) in [7, 11) is -2.76. The monoisotopic (exact) mass is 246 g/mol. The maximum atomic E-state index is 11.2. The molecule has 0 unspecified atom stereocenters. The fourth-order valence-corrected chi connectivity index (χ4v) is 3.89. The van der Waals surface area contributed by atoms with E-state index in [2.05, 4.69) is 10.3 Å². The average Bonchev–Trinajstić information content (AvgIpc) is 2.55. The fraction of sp³-hybridized carbons (Fsp3) is 0.667. The van der Waals surface area contributed by atoms with Crippen molar-refractivity contribution in [2.45, 2.75) is 25.8 Å². The zero-order valence-corrected chi connectivity index (χ0v) is 10.2. The van der Waals surface area contributed by atoms with Gasteiger partial charge in [0.25, 0.3) is 0 Å². The Balaban J connectivity index is 1.92. The SMILES string of the molecule is Cc1csc(NC2CCS(=O)(=O)CC2)n1. The molecule has 2 heterocycles. The molecular formula is C9H14N2O2S2. The molecule has 0 atom stereocenters. The first-order chi connectivity index (χ1) is 7.05. The van der Waals surface area contributed by atoms with Crippen molar-refractivity contribution in [3.8, 4) is 0 Å². The van der Waals surface area contributed by atoms with Gasteiger partial charge in [-0.05, 0) is 19.8 Å². The number of rotatable bonds is 2. The van der Waals surface area contributed by atoms with Crippen LogP contribution in [0, 0.1) is 6.92 Å². The lowest BCUT2D eigenvalue weighted by atomic mass is 10.2. The van der Waals surface area contributed by atoms with Crippen LogP contribution in [0.1, 0.15) is 18.5 Å². The summed E-state index contributed by atoms with van der Waals surface area (Å²) in [6.07, 6.45) is 1.39. The number of thiazole rings is 1. The fourth-order valence-electron chi connectivity index (χ4n) is 1.63. The Morgan fingerprint density at radius 1 is 1.47 bits per heavy atom. The van der Waals surface area contributed by atoms with Gasteiger partial charge in [-0.1, -0.05) is 0 Å². The first-order valence-corrected chi connectivity index (χ1v) is 7.64. The minimum absolute atomic E-state index is 0.263. The summed E-state index contributed by atoms with van der Waals surface area (Å²) in [6, 6.07) is 0.263. The Morgan fingerprint density at radius 2 is 2.13 bits per heavy atom. The van der Waals surface area contributed by atoms with Gasteiger partial charge in [0.05, 0.1) is 17.2 Å². The van der Waals surface area contributed by atoms with Gasteiger partial charge in [0, 0.05) is 11.4 Å². The number of sulfone groups is 1. The second-order valence-electron chi connectivity index (χ2n) is 3.86. The number of aromatic nitrogens is 1. The Morgan fingerprint density at radius 3 is 2.67 bits per heavy atom. The molecule has 2 rings (SSSR count). The highest BCUT2D eigenvalue weighted by Gasteiger charge is 2.23. The molecule has 84 valence electrons. The molecule has 0 bridgehead atoms. The van der Waals surface area contributed by atoms with Crippen molar-refractivity contribution >= 4 is 26.3 Å². The van der Waals surface area contributed by atoms with Crippen LogP contribution in [0.15, 0.2) is 5.38 Å². The smallest absolute Gasteiger partial charge is 0.183 e. The van der Waals surface area contributed by atoms with Crippen molar-refractivity contribution in [1.82, 2.24) is 4.98 Å². The molecule has 1 saturated heterocycles. The minimum Gasteiger partial charge on any atom is -0.359 e. The van der Waals surface area contributed by atoms with Gasteiger partial charge in [0.1, 0.15) is 9.84 Å². The maximum Gasteiger partial charge on any atom is 0.183 e. The molecule has 1 aliphatic heterocycles. The van der Waals surface area contributed by atoms with Crippen LogP contribution in [0.2, 0.25) is 0 Å². The summed E-state index contributed by atoms with van der Waals surface area (Å²) in [5.41, 5.74) is 1.01. The van der Waals surface area contributed by atoms with E-state index < -0.39 is 9.84 Å². The Labute approximate surface area is 93.7 Å². The van der Waals surface area contributed by atoms with Gasteiger partial charge >= 0.3 is 0 Å². The van der Waals surface area contributed by atoms with E-state index in [0.717, 1.165) is 10.8 Å². The zero-order chi connectivity index (χ0) is 10.9. The molecule has 15 heavy (non-hydrogen) atoms. The van der Waals surface area contributed by atoms with Gasteiger partial charge in [-0.2, -0.15) is 0 Å². The molecule has 0 radical (unpaired) electrons. The van der Waals surface area contributed by atoms with E-state index in [1.54, 1.807) is 11.3 Å². The minimum atomic E-state index is -2.76. The molecule has 0 amide bonds. The molecule has 0 saturated carbocycles. The van der Waals surface area contributed by atoms with Crippen LogP contribution in [-0.4, -0.2) is 30.9 Å². The van der Waals surface area contributed by atoms with Crippen molar-refractivity contribution in [3.63, 3.8) is 0 Å². The van der Waals surface area contributed by atoms with Gasteiger partial charge in [0.2, 0.25) is 0 Å². The van der Waals surface area contributed by atoms with Crippen molar-refractivity contribution in [1.29, 1.82) is 0 Å². The first-order valence-electron chi connectivity index (χ1n) is 4.94. The average molecular weight is 246 g/mol. The number of aryl methyl sites for hydroxylation is 1. The predicted molar refractivity (Wildman–Crippen MR) is 62.1 cm³/mol. The molecule has 1 N–H and O–H groups in total. The molecule has 0 spiro atoms. The molecule has 1 aromatic heterocycles. The van der Waals surface area contributed by atoms with Crippen molar-refractivity contribution < 1.29 is 8.42 Å². The third-order valence-electron chi connectivity index (χ3n) is 2.50. The molecular weight excluding hydrogens is 232 g/mol. The van der Waals surface area contributed by atoms with Gasteiger partial charge in [-0.15, -0.1) is 11.3 Å². The predicted octanol–water partition coefficient (Wildman–Crippen LogP) is 1.44. The molecule has 0 aliphatic carbocycles. The lowest BCUT2D eigenvalue weighted by molar-refractivity contribution is 0.559. The number of hydrogen-bond acceptors (Lipinski definition) is 5. The molecule has 6 heteroatoms. The van der Waals surface area contributed by atoms with Crippen LogP contribution in [-0.2, 0) is 9.84 Å². The molecule has 1 aromatic rings. The highest BCUT2D eigenvalue weighted by molar-refractivity contribution is 7.91. The third-order valence-corrected chi connectivity index (χ3v) is 5.11.